The predicted molar refractivity (Wildman–Crippen MR) is 73.2 cm³/mol. The minimum atomic E-state index is -1.05. The molecule has 0 amide bonds. The van der Waals surface area contributed by atoms with Crippen molar-refractivity contribution in [2.24, 2.45) is 0 Å². The van der Waals surface area contributed by atoms with E-state index in [2.05, 4.69) is 0 Å². The van der Waals surface area contributed by atoms with Crippen LogP contribution in [0.25, 0.3) is 6.08 Å². The molecule has 0 bridgehead atoms. The highest BCUT2D eigenvalue weighted by atomic mass is 16.3. The van der Waals surface area contributed by atoms with Gasteiger partial charge in [0.05, 0.1) is 0 Å². The van der Waals surface area contributed by atoms with Gasteiger partial charge in [-0.15, -0.1) is 0 Å². The zero-order valence-electron chi connectivity index (χ0n) is 10.2. The number of phenolic OH excluding ortho intramolecular Hbond substituents is 1. The van der Waals surface area contributed by atoms with Crippen LogP contribution < -0.4 is 0 Å². The number of hydrogen-bond acceptors (Lipinski definition) is 2. The fourth-order valence-electron chi connectivity index (χ4n) is 1.75. The van der Waals surface area contributed by atoms with E-state index in [1.54, 1.807) is 37.3 Å². The monoisotopic (exact) mass is 240 g/mol. The molecule has 2 heteroatoms. The maximum Gasteiger partial charge on any atom is 0.122 e. The van der Waals surface area contributed by atoms with Gasteiger partial charge in [0.2, 0.25) is 0 Å². The van der Waals surface area contributed by atoms with Gasteiger partial charge in [-0.05, 0) is 24.6 Å². The second-order valence-electron chi connectivity index (χ2n) is 4.41. The summed E-state index contributed by atoms with van der Waals surface area (Å²) in [6.45, 7) is 1.72. The molecule has 18 heavy (non-hydrogen) atoms. The quantitative estimate of drug-likeness (QED) is 0.864. The highest BCUT2D eigenvalue weighted by Gasteiger charge is 2.18. The zero-order valence-corrected chi connectivity index (χ0v) is 10.2. The lowest BCUT2D eigenvalue weighted by Crippen LogP contribution is -2.17. The van der Waals surface area contributed by atoms with Gasteiger partial charge in [0, 0.05) is 5.56 Å². The summed E-state index contributed by atoms with van der Waals surface area (Å²) in [6.07, 6.45) is 3.40. The molecule has 0 saturated carbocycles. The summed E-state index contributed by atoms with van der Waals surface area (Å²) in [5.74, 6) is 0.206. The topological polar surface area (TPSA) is 40.5 Å². The Labute approximate surface area is 107 Å². The molecule has 2 aromatic rings. The summed E-state index contributed by atoms with van der Waals surface area (Å²) in [6, 6.07) is 16.5. The number of benzene rings is 2. The van der Waals surface area contributed by atoms with Crippen LogP contribution in [0.4, 0.5) is 0 Å². The van der Waals surface area contributed by atoms with Gasteiger partial charge in [-0.2, -0.15) is 0 Å². The van der Waals surface area contributed by atoms with E-state index in [1.165, 1.54) is 0 Å². The number of para-hydroxylation sites is 1. The predicted octanol–water partition coefficient (Wildman–Crippen LogP) is 3.31. The molecule has 2 nitrogen and oxygen atoms in total. The van der Waals surface area contributed by atoms with Crippen LogP contribution in [0.15, 0.2) is 60.7 Å². The first-order valence-electron chi connectivity index (χ1n) is 5.85. The van der Waals surface area contributed by atoms with Crippen LogP contribution in [0.3, 0.4) is 0 Å². The van der Waals surface area contributed by atoms with Gasteiger partial charge < -0.3 is 10.2 Å². The summed E-state index contributed by atoms with van der Waals surface area (Å²) in [4.78, 5) is 0. The van der Waals surface area contributed by atoms with Crippen LogP contribution in [-0.2, 0) is 5.60 Å². The number of hydrogen-bond donors (Lipinski definition) is 2. The molecule has 2 N–H and O–H groups in total. The molecular formula is C16H16O2. The highest BCUT2D eigenvalue weighted by Crippen LogP contribution is 2.25. The van der Waals surface area contributed by atoms with Crippen molar-refractivity contribution in [1.82, 2.24) is 0 Å². The molecule has 0 heterocycles. The fourth-order valence-corrected chi connectivity index (χ4v) is 1.75. The average Bonchev–Trinajstić information content (AvgIpc) is 2.39. The number of aromatic hydroxyl groups is 1. The Morgan fingerprint density at radius 3 is 2.22 bits per heavy atom. The van der Waals surface area contributed by atoms with E-state index in [9.17, 15) is 10.2 Å². The van der Waals surface area contributed by atoms with Crippen LogP contribution >= 0.6 is 0 Å². The largest absolute Gasteiger partial charge is 0.507 e. The van der Waals surface area contributed by atoms with Crippen LogP contribution in [0.5, 0.6) is 5.75 Å². The highest BCUT2D eigenvalue weighted by molar-refractivity contribution is 5.57. The van der Waals surface area contributed by atoms with E-state index in [4.69, 9.17) is 0 Å². The normalized spacial score (nSPS) is 14.6. The molecule has 2 rings (SSSR count). The molecule has 0 aliphatic rings. The lowest BCUT2D eigenvalue weighted by Gasteiger charge is -2.19. The van der Waals surface area contributed by atoms with Crippen molar-refractivity contribution in [3.05, 3.63) is 71.8 Å². The molecule has 0 spiro atoms. The van der Waals surface area contributed by atoms with E-state index < -0.39 is 5.60 Å². The first kappa shape index (κ1) is 12.4. The second-order valence-corrected chi connectivity index (χ2v) is 4.41. The van der Waals surface area contributed by atoms with Crippen LogP contribution in [0.1, 0.15) is 18.1 Å². The SMILES string of the molecule is CC(O)(/C=C\c1ccccc1O)c1ccccc1. The van der Waals surface area contributed by atoms with Crippen molar-refractivity contribution >= 4 is 6.08 Å². The lowest BCUT2D eigenvalue weighted by molar-refractivity contribution is 0.112. The first-order valence-corrected chi connectivity index (χ1v) is 5.85. The minimum absolute atomic E-state index is 0.206. The van der Waals surface area contributed by atoms with E-state index in [0.717, 1.165) is 5.56 Å². The molecular weight excluding hydrogens is 224 g/mol. The summed E-state index contributed by atoms with van der Waals surface area (Å²) in [5, 5.41) is 20.0. The Balaban J connectivity index is 2.26. The standard InChI is InChI=1S/C16H16O2/c1-16(18,14-8-3-2-4-9-14)12-11-13-7-5-6-10-15(13)17/h2-12,17-18H,1H3/b12-11-. The van der Waals surface area contributed by atoms with Gasteiger partial charge in [-0.1, -0.05) is 54.6 Å². The van der Waals surface area contributed by atoms with Crippen molar-refractivity contribution in [2.45, 2.75) is 12.5 Å². The van der Waals surface area contributed by atoms with Crippen LogP contribution in [0.2, 0.25) is 0 Å². The Hall–Kier alpha value is -2.06. The van der Waals surface area contributed by atoms with Gasteiger partial charge in [-0.25, -0.2) is 0 Å². The van der Waals surface area contributed by atoms with Crippen LogP contribution in [-0.4, -0.2) is 10.2 Å². The molecule has 0 aromatic heterocycles. The molecule has 0 radical (unpaired) electrons. The Morgan fingerprint density at radius 1 is 0.944 bits per heavy atom. The molecule has 0 aliphatic heterocycles. The minimum Gasteiger partial charge on any atom is -0.507 e. The number of aliphatic hydroxyl groups is 1. The van der Waals surface area contributed by atoms with Gasteiger partial charge in [0.1, 0.15) is 11.4 Å². The molecule has 0 aliphatic carbocycles. The van der Waals surface area contributed by atoms with Gasteiger partial charge in [-0.3, -0.25) is 0 Å². The summed E-state index contributed by atoms with van der Waals surface area (Å²) < 4.78 is 0. The molecule has 2 aromatic carbocycles. The first-order chi connectivity index (χ1) is 8.59. The van der Waals surface area contributed by atoms with E-state index >= 15 is 0 Å². The number of rotatable bonds is 3. The molecule has 1 unspecified atom stereocenters. The van der Waals surface area contributed by atoms with Crippen molar-refractivity contribution in [3.63, 3.8) is 0 Å². The summed E-state index contributed by atoms with van der Waals surface area (Å²) in [5.41, 5.74) is 0.453. The molecule has 0 fully saturated rings. The summed E-state index contributed by atoms with van der Waals surface area (Å²) in [7, 11) is 0. The molecule has 1 atom stereocenters. The third-order valence-electron chi connectivity index (χ3n) is 2.88. The second kappa shape index (κ2) is 5.07. The maximum atomic E-state index is 10.4. The van der Waals surface area contributed by atoms with Crippen LogP contribution in [0, 0.1) is 0 Å². The smallest absolute Gasteiger partial charge is 0.122 e. The van der Waals surface area contributed by atoms with Gasteiger partial charge >= 0.3 is 0 Å². The van der Waals surface area contributed by atoms with Crippen molar-refractivity contribution < 1.29 is 10.2 Å². The zero-order chi connectivity index (χ0) is 13.0. The molecule has 0 saturated heterocycles. The summed E-state index contributed by atoms with van der Waals surface area (Å²) >= 11 is 0. The van der Waals surface area contributed by atoms with Gasteiger partial charge in [0.25, 0.3) is 0 Å². The van der Waals surface area contributed by atoms with E-state index in [1.807, 2.05) is 36.4 Å². The lowest BCUT2D eigenvalue weighted by atomic mass is 9.95. The molecule has 92 valence electrons. The van der Waals surface area contributed by atoms with E-state index in [0.29, 0.717) is 5.56 Å². The third-order valence-corrected chi connectivity index (χ3v) is 2.88. The Bertz CT molecular complexity index is 542. The average molecular weight is 240 g/mol. The number of phenols is 1. The fraction of sp³-hybridized carbons (Fsp3) is 0.125. The van der Waals surface area contributed by atoms with Crippen molar-refractivity contribution in [2.75, 3.05) is 0 Å². The van der Waals surface area contributed by atoms with Crippen molar-refractivity contribution in [1.29, 1.82) is 0 Å². The van der Waals surface area contributed by atoms with Crippen molar-refractivity contribution in [3.8, 4) is 5.75 Å². The van der Waals surface area contributed by atoms with Gasteiger partial charge in [0.15, 0.2) is 0 Å². The van der Waals surface area contributed by atoms with E-state index in [-0.39, 0.29) is 5.75 Å². The Morgan fingerprint density at radius 2 is 1.56 bits per heavy atom. The maximum absolute atomic E-state index is 10.4. The Kier molecular flexibility index (Phi) is 3.49. The third kappa shape index (κ3) is 2.79.